The van der Waals surface area contributed by atoms with Crippen LogP contribution < -0.4 is 5.32 Å². The maximum atomic E-state index is 13.2. The number of amides is 1. The van der Waals surface area contributed by atoms with Crippen LogP contribution in [0.25, 0.3) is 22.4 Å². The monoisotopic (exact) mass is 449 g/mol. The number of carbonyl (C=O) groups excluding carboxylic acids is 1. The lowest BCUT2D eigenvalue weighted by atomic mass is 9.95. The summed E-state index contributed by atoms with van der Waals surface area (Å²) >= 11 is 1.68. The van der Waals surface area contributed by atoms with E-state index in [2.05, 4.69) is 30.5 Å². The lowest BCUT2D eigenvalue weighted by Crippen LogP contribution is -2.37. The van der Waals surface area contributed by atoms with Crippen LogP contribution in [0.3, 0.4) is 0 Å². The first-order valence-electron chi connectivity index (χ1n) is 10.7. The molecule has 0 bridgehead atoms. The molecule has 2 aromatic carbocycles. The van der Waals surface area contributed by atoms with Crippen LogP contribution in [0.5, 0.6) is 0 Å². The lowest BCUT2D eigenvalue weighted by Gasteiger charge is -2.30. The summed E-state index contributed by atoms with van der Waals surface area (Å²) in [6, 6.07) is 11.9. The number of likely N-dealkylation sites (tertiary alicyclic amines) is 1. The van der Waals surface area contributed by atoms with E-state index in [4.69, 9.17) is 0 Å². The van der Waals surface area contributed by atoms with Gasteiger partial charge in [-0.2, -0.15) is 0 Å². The number of nitrogens with one attached hydrogen (secondary N) is 2. The van der Waals surface area contributed by atoms with Gasteiger partial charge >= 0.3 is 0 Å². The molecule has 1 aliphatic rings. The standard InChI is InChI=1S/C24H24FN5OS/c1-15-26-20(14-32-15)13-30-10-8-17(9-11-30)24(31)27-19-6-7-21-22(12-19)29-23(28-21)16-2-4-18(25)5-3-16/h2-7,12,14,17H,8-11,13H2,1H3,(H,27,31)(H,28,29). The molecule has 0 spiro atoms. The summed E-state index contributed by atoms with van der Waals surface area (Å²) in [6.07, 6.45) is 1.69. The zero-order chi connectivity index (χ0) is 22.1. The fourth-order valence-corrected chi connectivity index (χ4v) is 4.74. The minimum absolute atomic E-state index is 0.00987. The fourth-order valence-electron chi connectivity index (χ4n) is 4.14. The van der Waals surface area contributed by atoms with E-state index in [1.807, 2.05) is 25.1 Å². The second-order valence-corrected chi connectivity index (χ2v) is 9.28. The van der Waals surface area contributed by atoms with Crippen molar-refractivity contribution in [1.29, 1.82) is 0 Å². The van der Waals surface area contributed by atoms with Gasteiger partial charge in [-0.15, -0.1) is 11.3 Å². The normalized spacial score (nSPS) is 15.3. The Hall–Kier alpha value is -3.10. The zero-order valence-electron chi connectivity index (χ0n) is 17.8. The van der Waals surface area contributed by atoms with E-state index >= 15 is 0 Å². The fraction of sp³-hybridized carbons (Fsp3) is 0.292. The van der Waals surface area contributed by atoms with E-state index in [1.54, 1.807) is 23.5 Å². The van der Waals surface area contributed by atoms with E-state index in [0.29, 0.717) is 5.82 Å². The molecular formula is C24H24FN5OS. The molecule has 2 aromatic heterocycles. The average molecular weight is 450 g/mol. The molecule has 1 aliphatic heterocycles. The number of aryl methyl sites for hydroxylation is 1. The number of H-pyrrole nitrogens is 1. The van der Waals surface area contributed by atoms with Gasteiger partial charge in [0.1, 0.15) is 11.6 Å². The van der Waals surface area contributed by atoms with Gasteiger partial charge in [-0.1, -0.05) is 0 Å². The van der Waals surface area contributed by atoms with Gasteiger partial charge in [0, 0.05) is 29.1 Å². The summed E-state index contributed by atoms with van der Waals surface area (Å²) in [5.74, 6) is 0.465. The van der Waals surface area contributed by atoms with Crippen molar-refractivity contribution in [3.05, 3.63) is 64.4 Å². The van der Waals surface area contributed by atoms with Crippen molar-refractivity contribution in [3.63, 3.8) is 0 Å². The number of nitrogens with zero attached hydrogens (tertiary/aromatic N) is 3. The number of thiazole rings is 1. The number of halogens is 1. The second kappa shape index (κ2) is 8.80. The summed E-state index contributed by atoms with van der Waals surface area (Å²) in [4.78, 5) is 27.6. The first-order valence-corrected chi connectivity index (χ1v) is 11.6. The minimum Gasteiger partial charge on any atom is -0.338 e. The van der Waals surface area contributed by atoms with Crippen molar-refractivity contribution in [1.82, 2.24) is 19.9 Å². The number of imidazole rings is 1. The van der Waals surface area contributed by atoms with Crippen molar-refractivity contribution in [2.24, 2.45) is 5.92 Å². The van der Waals surface area contributed by atoms with Crippen LogP contribution in [-0.4, -0.2) is 38.8 Å². The molecule has 1 amide bonds. The Labute approximate surface area is 189 Å². The van der Waals surface area contributed by atoms with Crippen LogP contribution in [0.2, 0.25) is 0 Å². The van der Waals surface area contributed by atoms with Crippen LogP contribution in [-0.2, 0) is 11.3 Å². The van der Waals surface area contributed by atoms with Crippen molar-refractivity contribution in [2.45, 2.75) is 26.3 Å². The Morgan fingerprint density at radius 1 is 1.19 bits per heavy atom. The SMILES string of the molecule is Cc1nc(CN2CCC(C(=O)Nc3ccc4nc(-c5ccc(F)cc5)[nH]c4c3)CC2)cs1. The van der Waals surface area contributed by atoms with E-state index in [1.165, 1.54) is 12.1 Å². The number of aromatic amines is 1. The van der Waals surface area contributed by atoms with Crippen LogP contribution in [0.1, 0.15) is 23.5 Å². The van der Waals surface area contributed by atoms with E-state index in [9.17, 15) is 9.18 Å². The second-order valence-electron chi connectivity index (χ2n) is 8.22. The van der Waals surface area contributed by atoms with Gasteiger partial charge in [0.2, 0.25) is 5.91 Å². The molecule has 1 saturated heterocycles. The van der Waals surface area contributed by atoms with Crippen molar-refractivity contribution in [2.75, 3.05) is 18.4 Å². The number of hydrogen-bond acceptors (Lipinski definition) is 5. The molecule has 32 heavy (non-hydrogen) atoms. The highest BCUT2D eigenvalue weighted by molar-refractivity contribution is 7.09. The highest BCUT2D eigenvalue weighted by atomic mass is 32.1. The molecule has 1 fully saturated rings. The summed E-state index contributed by atoms with van der Waals surface area (Å²) in [5.41, 5.74) is 4.30. The molecule has 5 rings (SSSR count). The van der Waals surface area contributed by atoms with Gasteiger partial charge in [0.25, 0.3) is 0 Å². The number of piperidine rings is 1. The summed E-state index contributed by atoms with van der Waals surface area (Å²) in [6.45, 7) is 4.67. The third kappa shape index (κ3) is 4.56. The molecule has 0 saturated carbocycles. The van der Waals surface area contributed by atoms with Gasteiger partial charge in [0.05, 0.1) is 21.7 Å². The summed E-state index contributed by atoms with van der Waals surface area (Å²) < 4.78 is 13.2. The first-order chi connectivity index (χ1) is 15.5. The predicted octanol–water partition coefficient (Wildman–Crippen LogP) is 4.98. The van der Waals surface area contributed by atoms with Gasteiger partial charge in [-0.3, -0.25) is 9.69 Å². The summed E-state index contributed by atoms with van der Waals surface area (Å²) in [5, 5.41) is 6.27. The van der Waals surface area contributed by atoms with Crippen molar-refractivity contribution < 1.29 is 9.18 Å². The Balaban J connectivity index is 1.20. The van der Waals surface area contributed by atoms with Crippen LogP contribution in [0, 0.1) is 18.7 Å². The van der Waals surface area contributed by atoms with Crippen molar-refractivity contribution >= 4 is 34.0 Å². The van der Waals surface area contributed by atoms with Crippen LogP contribution >= 0.6 is 11.3 Å². The molecule has 0 unspecified atom stereocenters. The number of fused-ring (bicyclic) bond motifs is 1. The Kier molecular flexibility index (Phi) is 5.71. The largest absolute Gasteiger partial charge is 0.338 e. The third-order valence-corrected chi connectivity index (χ3v) is 6.70. The van der Waals surface area contributed by atoms with Gasteiger partial charge in [-0.05, 0) is 75.3 Å². The molecule has 0 aliphatic carbocycles. The van der Waals surface area contributed by atoms with Gasteiger partial charge in [-0.25, -0.2) is 14.4 Å². The first kappa shape index (κ1) is 20.8. The maximum absolute atomic E-state index is 13.2. The van der Waals surface area contributed by atoms with Crippen LogP contribution in [0.15, 0.2) is 47.8 Å². The number of rotatable bonds is 5. The molecule has 0 radical (unpaired) electrons. The topological polar surface area (TPSA) is 73.9 Å². The van der Waals surface area contributed by atoms with Crippen molar-refractivity contribution in [3.8, 4) is 11.4 Å². The molecule has 8 heteroatoms. The highest BCUT2D eigenvalue weighted by Crippen LogP contribution is 2.25. The highest BCUT2D eigenvalue weighted by Gasteiger charge is 2.25. The molecule has 6 nitrogen and oxygen atoms in total. The molecule has 3 heterocycles. The quantitative estimate of drug-likeness (QED) is 0.450. The number of anilines is 1. The Bertz CT molecular complexity index is 1240. The zero-order valence-corrected chi connectivity index (χ0v) is 18.6. The lowest BCUT2D eigenvalue weighted by molar-refractivity contribution is -0.121. The van der Waals surface area contributed by atoms with Gasteiger partial charge in [0.15, 0.2) is 0 Å². The molecule has 164 valence electrons. The number of hydrogen-bond donors (Lipinski definition) is 2. The molecule has 0 atom stereocenters. The van der Waals surface area contributed by atoms with Gasteiger partial charge < -0.3 is 10.3 Å². The Morgan fingerprint density at radius 2 is 1.97 bits per heavy atom. The minimum atomic E-state index is -0.279. The number of carbonyl (C=O) groups is 1. The molecular weight excluding hydrogens is 425 g/mol. The summed E-state index contributed by atoms with van der Waals surface area (Å²) in [7, 11) is 0. The molecule has 4 aromatic rings. The van der Waals surface area contributed by atoms with E-state index < -0.39 is 0 Å². The molecule has 2 N–H and O–H groups in total. The van der Waals surface area contributed by atoms with Crippen LogP contribution in [0.4, 0.5) is 10.1 Å². The maximum Gasteiger partial charge on any atom is 0.227 e. The third-order valence-electron chi connectivity index (χ3n) is 5.88. The average Bonchev–Trinajstić information content (AvgIpc) is 3.40. The van der Waals surface area contributed by atoms with E-state index in [-0.39, 0.29) is 17.6 Å². The number of aromatic nitrogens is 3. The predicted molar refractivity (Wildman–Crippen MR) is 125 cm³/mol. The smallest absolute Gasteiger partial charge is 0.227 e. The number of benzene rings is 2. The van der Waals surface area contributed by atoms with E-state index in [0.717, 1.165) is 65.5 Å². The Morgan fingerprint density at radius 3 is 2.69 bits per heavy atom.